The molecule has 1 aromatic heterocycles. The first-order chi connectivity index (χ1) is 12.2. The third-order valence-corrected chi connectivity index (χ3v) is 4.64. The largest absolute Gasteiger partial charge is 0.334 e. The van der Waals surface area contributed by atoms with Crippen LogP contribution in [0.2, 0.25) is 5.02 Å². The normalized spacial score (nSPS) is 15.9. The van der Waals surface area contributed by atoms with Gasteiger partial charge >= 0.3 is 6.03 Å². The second-order valence-electron chi connectivity index (χ2n) is 7.81. The monoisotopic (exact) mass is 413 g/mol. The molecule has 148 valence electrons. The number of benzene rings is 1. The highest BCUT2D eigenvalue weighted by Gasteiger charge is 2.36. The smallest absolute Gasteiger partial charge is 0.319 e. The molecule has 1 heterocycles. The fourth-order valence-corrected chi connectivity index (χ4v) is 3.23. The van der Waals surface area contributed by atoms with E-state index in [9.17, 15) is 4.79 Å². The first-order valence-electron chi connectivity index (χ1n) is 8.68. The predicted molar refractivity (Wildman–Crippen MR) is 108 cm³/mol. The Labute approximate surface area is 169 Å². The van der Waals surface area contributed by atoms with Crippen molar-refractivity contribution in [2.45, 2.75) is 57.5 Å². The number of hydrogen-bond donors (Lipinski definition) is 3. The Morgan fingerprint density at radius 3 is 2.59 bits per heavy atom. The van der Waals surface area contributed by atoms with Crippen molar-refractivity contribution in [2.75, 3.05) is 5.32 Å². The van der Waals surface area contributed by atoms with E-state index in [0.717, 1.165) is 25.7 Å². The number of hydrogen-bond acceptors (Lipinski definition) is 5. The van der Waals surface area contributed by atoms with Crippen LogP contribution >= 0.6 is 24.0 Å². The van der Waals surface area contributed by atoms with E-state index in [1.165, 1.54) is 0 Å². The van der Waals surface area contributed by atoms with Gasteiger partial charge in [-0.25, -0.2) is 4.79 Å². The molecule has 1 fully saturated rings. The van der Waals surface area contributed by atoms with Crippen LogP contribution in [0.4, 0.5) is 10.5 Å². The predicted octanol–water partition coefficient (Wildman–Crippen LogP) is 4.46. The number of aromatic nitrogens is 2. The van der Waals surface area contributed by atoms with Crippen LogP contribution in [-0.4, -0.2) is 21.7 Å². The van der Waals surface area contributed by atoms with Crippen LogP contribution in [0.25, 0.3) is 11.5 Å². The van der Waals surface area contributed by atoms with Crippen molar-refractivity contribution in [3.63, 3.8) is 0 Å². The summed E-state index contributed by atoms with van der Waals surface area (Å²) in [6.07, 6.45) is 3.80. The molecule has 2 aromatic rings. The van der Waals surface area contributed by atoms with Crippen LogP contribution in [0.5, 0.6) is 0 Å². The molecule has 7 nitrogen and oxygen atoms in total. The zero-order valence-electron chi connectivity index (χ0n) is 15.6. The number of carbonyl (C=O) groups excluding carboxylic acids is 1. The lowest BCUT2D eigenvalue weighted by Gasteiger charge is -2.20. The summed E-state index contributed by atoms with van der Waals surface area (Å²) in [6.45, 7) is 5.72. The molecule has 0 aliphatic heterocycles. The van der Waals surface area contributed by atoms with Crippen LogP contribution in [-0.2, 0) is 5.54 Å². The summed E-state index contributed by atoms with van der Waals surface area (Å²) in [7, 11) is 0. The zero-order valence-corrected chi connectivity index (χ0v) is 17.2. The van der Waals surface area contributed by atoms with Gasteiger partial charge in [0.15, 0.2) is 5.82 Å². The number of anilines is 1. The third kappa shape index (κ3) is 5.12. The fraction of sp³-hybridized carbons (Fsp3) is 0.500. The van der Waals surface area contributed by atoms with Gasteiger partial charge in [-0.2, -0.15) is 4.98 Å². The molecule has 0 atom stereocenters. The minimum atomic E-state index is -0.531. The number of rotatable bonds is 3. The molecule has 1 aliphatic carbocycles. The highest BCUT2D eigenvalue weighted by Crippen LogP contribution is 2.36. The lowest BCUT2D eigenvalue weighted by atomic mass is 9.99. The van der Waals surface area contributed by atoms with Crippen molar-refractivity contribution < 1.29 is 9.32 Å². The van der Waals surface area contributed by atoms with E-state index in [0.29, 0.717) is 28.0 Å². The zero-order chi connectivity index (χ0) is 18.9. The first kappa shape index (κ1) is 21.5. The van der Waals surface area contributed by atoms with Crippen LogP contribution in [0.1, 0.15) is 52.3 Å². The molecule has 27 heavy (non-hydrogen) atoms. The van der Waals surface area contributed by atoms with Crippen LogP contribution in [0.3, 0.4) is 0 Å². The maximum absolute atomic E-state index is 12.1. The van der Waals surface area contributed by atoms with Crippen LogP contribution < -0.4 is 16.4 Å². The summed E-state index contributed by atoms with van der Waals surface area (Å²) in [4.78, 5) is 16.5. The van der Waals surface area contributed by atoms with E-state index in [4.69, 9.17) is 21.9 Å². The molecule has 4 N–H and O–H groups in total. The molecule has 1 aromatic carbocycles. The van der Waals surface area contributed by atoms with Gasteiger partial charge in [-0.1, -0.05) is 29.6 Å². The lowest BCUT2D eigenvalue weighted by Crippen LogP contribution is -2.43. The molecule has 0 spiro atoms. The van der Waals surface area contributed by atoms with E-state index >= 15 is 0 Å². The first-order valence-corrected chi connectivity index (χ1v) is 9.06. The van der Waals surface area contributed by atoms with E-state index in [1.54, 1.807) is 18.2 Å². The maximum Gasteiger partial charge on any atom is 0.319 e. The number of nitrogens with zero attached hydrogens (tertiary/aromatic N) is 2. The lowest BCUT2D eigenvalue weighted by molar-refractivity contribution is 0.244. The third-order valence-electron chi connectivity index (χ3n) is 4.31. The number of halogens is 2. The van der Waals surface area contributed by atoms with E-state index in [2.05, 4.69) is 20.8 Å². The van der Waals surface area contributed by atoms with Gasteiger partial charge in [-0.3, -0.25) is 0 Å². The minimum absolute atomic E-state index is 0. The standard InChI is InChI=1S/C18H24ClN5O2.ClH/c1-17(2,3)23-16(25)21-11-6-7-13(19)12(10-11)14-22-15(24-26-14)18(20)8-4-5-9-18;/h6-7,10H,4-5,8-9,20H2,1-3H3,(H2,21,23,25);1H. The summed E-state index contributed by atoms with van der Waals surface area (Å²) in [5.41, 5.74) is 6.65. The number of nitrogens with two attached hydrogens (primary N) is 1. The molecule has 1 aliphatic rings. The van der Waals surface area contributed by atoms with Crippen molar-refractivity contribution in [1.29, 1.82) is 0 Å². The van der Waals surface area contributed by atoms with Crippen molar-refractivity contribution in [1.82, 2.24) is 15.5 Å². The molecule has 0 radical (unpaired) electrons. The average Bonchev–Trinajstić information content (AvgIpc) is 3.17. The van der Waals surface area contributed by atoms with Gasteiger partial charge < -0.3 is 20.9 Å². The second-order valence-corrected chi connectivity index (χ2v) is 8.22. The van der Waals surface area contributed by atoms with Crippen molar-refractivity contribution >= 4 is 35.7 Å². The summed E-state index contributed by atoms with van der Waals surface area (Å²) in [6, 6.07) is 4.80. The molecular formula is C18H25Cl2N5O2. The Balaban J connectivity index is 0.00000261. The van der Waals surface area contributed by atoms with Gasteiger partial charge in [0.05, 0.1) is 16.1 Å². The molecular weight excluding hydrogens is 389 g/mol. The number of urea groups is 1. The number of carbonyl (C=O) groups is 1. The number of amides is 2. The highest BCUT2D eigenvalue weighted by atomic mass is 35.5. The Hall–Kier alpha value is -1.83. The SMILES string of the molecule is CC(C)(C)NC(=O)Nc1ccc(Cl)c(-c2nc(C3(N)CCCC3)no2)c1.Cl. The molecule has 3 rings (SSSR count). The minimum Gasteiger partial charge on any atom is -0.334 e. The summed E-state index contributed by atoms with van der Waals surface area (Å²) in [5.74, 6) is 0.798. The summed E-state index contributed by atoms with van der Waals surface area (Å²) in [5, 5.41) is 10.1. The van der Waals surface area contributed by atoms with Gasteiger partial charge in [-0.15, -0.1) is 12.4 Å². The van der Waals surface area contributed by atoms with Crippen LogP contribution in [0, 0.1) is 0 Å². The Bertz CT molecular complexity index is 810. The van der Waals surface area contributed by atoms with Crippen molar-refractivity contribution in [3.05, 3.63) is 29.0 Å². The van der Waals surface area contributed by atoms with Gasteiger partial charge in [0.2, 0.25) is 0 Å². The molecule has 2 amide bonds. The van der Waals surface area contributed by atoms with Gasteiger partial charge in [-0.05, 0) is 51.8 Å². The molecule has 1 saturated carbocycles. The molecule has 0 unspecified atom stereocenters. The van der Waals surface area contributed by atoms with Gasteiger partial charge in [0, 0.05) is 11.2 Å². The number of nitrogens with one attached hydrogen (secondary N) is 2. The van der Waals surface area contributed by atoms with Crippen molar-refractivity contribution in [3.8, 4) is 11.5 Å². The Kier molecular flexibility index (Phi) is 6.39. The average molecular weight is 414 g/mol. The Morgan fingerprint density at radius 1 is 1.30 bits per heavy atom. The van der Waals surface area contributed by atoms with E-state index < -0.39 is 5.54 Å². The Morgan fingerprint density at radius 2 is 1.96 bits per heavy atom. The summed E-state index contributed by atoms with van der Waals surface area (Å²) >= 11 is 6.29. The molecule has 0 bridgehead atoms. The van der Waals surface area contributed by atoms with Gasteiger partial charge in [0.25, 0.3) is 5.89 Å². The summed E-state index contributed by atoms with van der Waals surface area (Å²) < 4.78 is 5.40. The van der Waals surface area contributed by atoms with Gasteiger partial charge in [0.1, 0.15) is 0 Å². The maximum atomic E-state index is 12.1. The molecule has 9 heteroatoms. The van der Waals surface area contributed by atoms with Crippen LogP contribution in [0.15, 0.2) is 22.7 Å². The highest BCUT2D eigenvalue weighted by molar-refractivity contribution is 6.33. The fourth-order valence-electron chi connectivity index (χ4n) is 3.03. The topological polar surface area (TPSA) is 106 Å². The molecule has 0 saturated heterocycles. The van der Waals surface area contributed by atoms with E-state index in [-0.39, 0.29) is 24.0 Å². The quantitative estimate of drug-likeness (QED) is 0.688. The van der Waals surface area contributed by atoms with E-state index in [1.807, 2.05) is 20.8 Å². The second kappa shape index (κ2) is 8.04. The van der Waals surface area contributed by atoms with Crippen molar-refractivity contribution in [2.24, 2.45) is 5.73 Å².